The van der Waals surface area contributed by atoms with Gasteiger partial charge in [0, 0.05) is 22.7 Å². The Balaban J connectivity index is 2.37. The highest BCUT2D eigenvalue weighted by molar-refractivity contribution is 6.08. The Morgan fingerprint density at radius 1 is 1.05 bits per heavy atom. The highest BCUT2D eigenvalue weighted by atomic mass is 16.2. The molecule has 2 aromatic rings. The number of benzene rings is 1. The fourth-order valence-electron chi connectivity index (χ4n) is 2.02. The van der Waals surface area contributed by atoms with E-state index < -0.39 is 17.7 Å². The Labute approximate surface area is 114 Å². The molecule has 1 aromatic heterocycles. The van der Waals surface area contributed by atoms with Gasteiger partial charge in [0.05, 0.1) is 0 Å². The van der Waals surface area contributed by atoms with Gasteiger partial charge in [-0.05, 0) is 18.2 Å². The van der Waals surface area contributed by atoms with Crippen LogP contribution in [-0.4, -0.2) is 40.7 Å². The van der Waals surface area contributed by atoms with Crippen LogP contribution in [0.5, 0.6) is 0 Å². The van der Waals surface area contributed by atoms with Crippen molar-refractivity contribution in [3.05, 3.63) is 36.0 Å². The number of amides is 3. The lowest BCUT2D eigenvalue weighted by Gasteiger charge is -2.19. The highest BCUT2D eigenvalue weighted by Gasteiger charge is 2.21. The van der Waals surface area contributed by atoms with Gasteiger partial charge in [0.25, 0.3) is 5.91 Å². The van der Waals surface area contributed by atoms with E-state index >= 15 is 0 Å². The van der Waals surface area contributed by atoms with Crippen LogP contribution in [0.3, 0.4) is 0 Å². The molecule has 20 heavy (non-hydrogen) atoms. The Kier molecular flexibility index (Phi) is 3.69. The quantitative estimate of drug-likeness (QED) is 0.686. The number of H-pyrrole nitrogens is 1. The third-order valence-corrected chi connectivity index (χ3v) is 2.81. The molecule has 0 bridgehead atoms. The molecule has 0 spiro atoms. The van der Waals surface area contributed by atoms with Crippen LogP contribution in [0.25, 0.3) is 10.9 Å². The number of nitrogens with zero attached hydrogens (tertiary/aromatic N) is 1. The van der Waals surface area contributed by atoms with Crippen molar-refractivity contribution in [3.63, 3.8) is 0 Å². The van der Waals surface area contributed by atoms with Crippen LogP contribution in [-0.2, 0) is 9.59 Å². The van der Waals surface area contributed by atoms with Gasteiger partial charge in [-0.1, -0.05) is 6.07 Å². The van der Waals surface area contributed by atoms with Crippen LogP contribution >= 0.6 is 0 Å². The van der Waals surface area contributed by atoms with Crippen molar-refractivity contribution in [1.82, 2.24) is 9.88 Å². The molecular weight excluding hydrogens is 260 g/mol. The summed E-state index contributed by atoms with van der Waals surface area (Å²) in [6.07, 6.45) is 1.70. The number of fused-ring (bicyclic) bond motifs is 1. The van der Waals surface area contributed by atoms with Crippen LogP contribution in [0.4, 0.5) is 0 Å². The molecule has 7 heteroatoms. The minimum atomic E-state index is -0.708. The van der Waals surface area contributed by atoms with Gasteiger partial charge < -0.3 is 21.4 Å². The van der Waals surface area contributed by atoms with Gasteiger partial charge in [-0.25, -0.2) is 0 Å². The summed E-state index contributed by atoms with van der Waals surface area (Å²) in [6.45, 7) is -0.717. The Morgan fingerprint density at radius 3 is 2.30 bits per heavy atom. The fourth-order valence-corrected chi connectivity index (χ4v) is 2.02. The maximum absolute atomic E-state index is 12.4. The predicted molar refractivity (Wildman–Crippen MR) is 72.6 cm³/mol. The third-order valence-electron chi connectivity index (χ3n) is 2.81. The highest BCUT2D eigenvalue weighted by Crippen LogP contribution is 2.19. The van der Waals surface area contributed by atoms with E-state index in [0.29, 0.717) is 10.9 Å². The second kappa shape index (κ2) is 5.43. The lowest BCUT2D eigenvalue weighted by molar-refractivity contribution is -0.121. The summed E-state index contributed by atoms with van der Waals surface area (Å²) in [5.74, 6) is -1.88. The maximum Gasteiger partial charge on any atom is 0.255 e. The summed E-state index contributed by atoms with van der Waals surface area (Å²) in [5.41, 5.74) is 11.3. The van der Waals surface area contributed by atoms with Crippen molar-refractivity contribution < 1.29 is 14.4 Å². The van der Waals surface area contributed by atoms with E-state index in [1.807, 2.05) is 6.07 Å². The van der Waals surface area contributed by atoms with Gasteiger partial charge >= 0.3 is 0 Å². The average Bonchev–Trinajstić information content (AvgIpc) is 2.83. The molecule has 0 aliphatic heterocycles. The molecule has 0 aliphatic rings. The zero-order chi connectivity index (χ0) is 14.7. The smallest absolute Gasteiger partial charge is 0.255 e. The molecule has 0 unspecified atom stereocenters. The van der Waals surface area contributed by atoms with E-state index in [2.05, 4.69) is 4.98 Å². The van der Waals surface area contributed by atoms with E-state index in [-0.39, 0.29) is 13.1 Å². The minimum absolute atomic E-state index is 0.359. The van der Waals surface area contributed by atoms with Gasteiger partial charge in [-0.15, -0.1) is 0 Å². The normalized spacial score (nSPS) is 10.4. The summed E-state index contributed by atoms with van der Waals surface area (Å²) in [6, 6.07) is 6.89. The van der Waals surface area contributed by atoms with Crippen molar-refractivity contribution >= 4 is 28.6 Å². The van der Waals surface area contributed by atoms with Crippen LogP contribution in [0.1, 0.15) is 10.4 Å². The summed E-state index contributed by atoms with van der Waals surface area (Å²) in [4.78, 5) is 38.5. The number of carbonyl (C=O) groups is 3. The number of primary amides is 2. The van der Waals surface area contributed by atoms with Crippen LogP contribution in [0.15, 0.2) is 30.5 Å². The van der Waals surface area contributed by atoms with Crippen molar-refractivity contribution in [2.24, 2.45) is 11.5 Å². The number of nitrogens with two attached hydrogens (primary N) is 2. The Morgan fingerprint density at radius 2 is 1.70 bits per heavy atom. The van der Waals surface area contributed by atoms with Gasteiger partial charge in [0.1, 0.15) is 13.1 Å². The van der Waals surface area contributed by atoms with Gasteiger partial charge in [-0.3, -0.25) is 14.4 Å². The van der Waals surface area contributed by atoms with E-state index in [9.17, 15) is 14.4 Å². The van der Waals surface area contributed by atoms with Crippen molar-refractivity contribution in [2.75, 3.05) is 13.1 Å². The first-order valence-corrected chi connectivity index (χ1v) is 5.91. The SMILES string of the molecule is NC(=O)CN(CC(N)=O)C(=O)c1cccc2[nH]ccc12. The molecule has 0 saturated carbocycles. The minimum Gasteiger partial charge on any atom is -0.368 e. The molecule has 0 radical (unpaired) electrons. The fraction of sp³-hybridized carbons (Fsp3) is 0.154. The zero-order valence-electron chi connectivity index (χ0n) is 10.6. The maximum atomic E-state index is 12.4. The summed E-state index contributed by atoms with van der Waals surface area (Å²) in [7, 11) is 0. The van der Waals surface area contributed by atoms with Crippen LogP contribution in [0, 0.1) is 0 Å². The zero-order valence-corrected chi connectivity index (χ0v) is 10.6. The van der Waals surface area contributed by atoms with Gasteiger partial charge in [-0.2, -0.15) is 0 Å². The molecule has 5 N–H and O–H groups in total. The molecule has 104 valence electrons. The number of rotatable bonds is 5. The van der Waals surface area contributed by atoms with E-state index in [0.717, 1.165) is 10.4 Å². The van der Waals surface area contributed by atoms with E-state index in [4.69, 9.17) is 11.5 Å². The first kappa shape index (κ1) is 13.6. The number of aromatic amines is 1. The monoisotopic (exact) mass is 274 g/mol. The molecular formula is C13H14N4O3. The van der Waals surface area contributed by atoms with Gasteiger partial charge in [0.15, 0.2) is 0 Å². The number of nitrogens with one attached hydrogen (secondary N) is 1. The molecule has 1 aromatic carbocycles. The summed E-state index contributed by atoms with van der Waals surface area (Å²) in [5, 5.41) is 0.705. The first-order valence-electron chi connectivity index (χ1n) is 5.91. The van der Waals surface area contributed by atoms with Crippen molar-refractivity contribution in [2.45, 2.75) is 0 Å². The molecule has 0 aliphatic carbocycles. The topological polar surface area (TPSA) is 122 Å². The standard InChI is InChI=1S/C13H14N4O3/c14-11(18)6-17(7-12(15)19)13(20)9-2-1-3-10-8(9)4-5-16-10/h1-5,16H,6-7H2,(H2,14,18)(H2,15,19). The number of hydrogen-bond donors (Lipinski definition) is 3. The van der Waals surface area contributed by atoms with Crippen LogP contribution < -0.4 is 11.5 Å². The largest absolute Gasteiger partial charge is 0.368 e. The number of aromatic nitrogens is 1. The molecule has 0 fully saturated rings. The summed E-state index contributed by atoms with van der Waals surface area (Å²) >= 11 is 0. The molecule has 1 heterocycles. The molecule has 0 atom stereocenters. The second-order valence-electron chi connectivity index (χ2n) is 4.34. The van der Waals surface area contributed by atoms with Crippen molar-refractivity contribution in [1.29, 1.82) is 0 Å². The lowest BCUT2D eigenvalue weighted by atomic mass is 10.1. The van der Waals surface area contributed by atoms with Crippen LogP contribution in [0.2, 0.25) is 0 Å². The molecule has 0 saturated heterocycles. The lowest BCUT2D eigenvalue weighted by Crippen LogP contribution is -2.43. The summed E-state index contributed by atoms with van der Waals surface area (Å²) < 4.78 is 0. The Hall–Kier alpha value is -2.83. The first-order chi connectivity index (χ1) is 9.49. The number of hydrogen-bond acceptors (Lipinski definition) is 3. The molecule has 2 rings (SSSR count). The second-order valence-corrected chi connectivity index (χ2v) is 4.34. The number of carbonyl (C=O) groups excluding carboxylic acids is 3. The van der Waals surface area contributed by atoms with Gasteiger partial charge in [0.2, 0.25) is 11.8 Å². The molecule has 7 nitrogen and oxygen atoms in total. The van der Waals surface area contributed by atoms with Crippen molar-refractivity contribution in [3.8, 4) is 0 Å². The molecule has 3 amide bonds. The predicted octanol–water partition coefficient (Wildman–Crippen LogP) is -0.419. The van der Waals surface area contributed by atoms with E-state index in [1.165, 1.54) is 0 Å². The average molecular weight is 274 g/mol. The third kappa shape index (κ3) is 2.77. The Bertz CT molecular complexity index is 661. The van der Waals surface area contributed by atoms with E-state index in [1.54, 1.807) is 24.4 Å².